The van der Waals surface area contributed by atoms with Gasteiger partial charge in [-0.3, -0.25) is 0 Å². The SMILES string of the molecule is c1nc(C2CC2)oc1-c1cn2c(n1)CCC2. The van der Waals surface area contributed by atoms with Gasteiger partial charge in [-0.25, -0.2) is 9.97 Å². The zero-order chi connectivity index (χ0) is 10.5. The molecule has 3 heterocycles. The molecule has 16 heavy (non-hydrogen) atoms. The van der Waals surface area contributed by atoms with Crippen molar-refractivity contribution in [3.63, 3.8) is 0 Å². The molecule has 82 valence electrons. The molecule has 4 heteroatoms. The first-order valence-corrected chi connectivity index (χ1v) is 5.92. The van der Waals surface area contributed by atoms with E-state index in [2.05, 4.69) is 20.7 Å². The van der Waals surface area contributed by atoms with E-state index in [0.717, 1.165) is 30.3 Å². The minimum atomic E-state index is 0.572. The molecule has 1 fully saturated rings. The van der Waals surface area contributed by atoms with Crippen molar-refractivity contribution >= 4 is 0 Å². The summed E-state index contributed by atoms with van der Waals surface area (Å²) in [5.74, 6) is 3.47. The fraction of sp³-hybridized carbons (Fsp3) is 0.500. The van der Waals surface area contributed by atoms with Gasteiger partial charge in [-0.15, -0.1) is 0 Å². The van der Waals surface area contributed by atoms with Crippen molar-refractivity contribution in [1.29, 1.82) is 0 Å². The number of fused-ring (bicyclic) bond motifs is 1. The van der Waals surface area contributed by atoms with E-state index in [1.807, 2.05) is 6.20 Å². The molecule has 0 aromatic carbocycles. The Morgan fingerprint density at radius 2 is 2.31 bits per heavy atom. The van der Waals surface area contributed by atoms with Gasteiger partial charge in [0.1, 0.15) is 11.5 Å². The Kier molecular flexibility index (Phi) is 1.59. The summed E-state index contributed by atoms with van der Waals surface area (Å²) in [6, 6.07) is 0. The summed E-state index contributed by atoms with van der Waals surface area (Å²) in [4.78, 5) is 8.90. The summed E-state index contributed by atoms with van der Waals surface area (Å²) in [5.41, 5.74) is 0.939. The average Bonchev–Trinajstić information content (AvgIpc) is 2.75. The zero-order valence-corrected chi connectivity index (χ0v) is 9.02. The average molecular weight is 215 g/mol. The van der Waals surface area contributed by atoms with Crippen LogP contribution >= 0.6 is 0 Å². The Morgan fingerprint density at radius 3 is 3.12 bits per heavy atom. The predicted molar refractivity (Wildman–Crippen MR) is 58.0 cm³/mol. The van der Waals surface area contributed by atoms with Crippen LogP contribution in [0.4, 0.5) is 0 Å². The van der Waals surface area contributed by atoms with Crippen molar-refractivity contribution in [2.45, 2.75) is 38.1 Å². The van der Waals surface area contributed by atoms with Crippen LogP contribution in [-0.4, -0.2) is 14.5 Å². The van der Waals surface area contributed by atoms with Crippen molar-refractivity contribution in [2.75, 3.05) is 0 Å². The van der Waals surface area contributed by atoms with Crippen LogP contribution in [0.3, 0.4) is 0 Å². The molecule has 0 saturated heterocycles. The Balaban J connectivity index is 1.71. The molecule has 2 aliphatic rings. The maximum absolute atomic E-state index is 5.74. The molecule has 0 amide bonds. The van der Waals surface area contributed by atoms with E-state index in [1.165, 1.54) is 25.1 Å². The third-order valence-corrected chi connectivity index (χ3v) is 3.36. The molecule has 1 saturated carbocycles. The van der Waals surface area contributed by atoms with Crippen LogP contribution in [0.1, 0.15) is 36.9 Å². The molecule has 0 bridgehead atoms. The lowest BCUT2D eigenvalue weighted by molar-refractivity contribution is 0.508. The van der Waals surface area contributed by atoms with Gasteiger partial charge in [0.05, 0.1) is 6.20 Å². The molecule has 4 rings (SSSR count). The van der Waals surface area contributed by atoms with Gasteiger partial charge < -0.3 is 8.98 Å². The van der Waals surface area contributed by atoms with Gasteiger partial charge in [-0.2, -0.15) is 0 Å². The largest absolute Gasteiger partial charge is 0.439 e. The van der Waals surface area contributed by atoms with Crippen LogP contribution in [0.5, 0.6) is 0 Å². The fourth-order valence-corrected chi connectivity index (χ4v) is 2.30. The molecule has 0 atom stereocenters. The molecule has 0 N–H and O–H groups in total. The lowest BCUT2D eigenvalue weighted by Gasteiger charge is -1.90. The van der Waals surface area contributed by atoms with Crippen LogP contribution in [0.25, 0.3) is 11.5 Å². The summed E-state index contributed by atoms with van der Waals surface area (Å²) >= 11 is 0. The second kappa shape index (κ2) is 2.97. The monoisotopic (exact) mass is 215 g/mol. The Labute approximate surface area is 93.3 Å². The highest BCUT2D eigenvalue weighted by Crippen LogP contribution is 2.40. The number of oxazole rings is 1. The van der Waals surface area contributed by atoms with Crippen LogP contribution in [0.2, 0.25) is 0 Å². The number of rotatable bonds is 2. The van der Waals surface area contributed by atoms with E-state index in [4.69, 9.17) is 4.42 Å². The standard InChI is InChI=1S/C12H13N3O/c1-2-11-14-9(7-15(11)5-1)10-6-13-12(16-10)8-3-4-8/h6-8H,1-5H2. The van der Waals surface area contributed by atoms with Gasteiger partial charge in [-0.05, 0) is 19.3 Å². The molecule has 1 aliphatic carbocycles. The highest BCUT2D eigenvalue weighted by Gasteiger charge is 2.29. The van der Waals surface area contributed by atoms with E-state index >= 15 is 0 Å². The summed E-state index contributed by atoms with van der Waals surface area (Å²) < 4.78 is 7.96. The van der Waals surface area contributed by atoms with Crippen molar-refractivity contribution in [1.82, 2.24) is 14.5 Å². The van der Waals surface area contributed by atoms with Crippen molar-refractivity contribution in [2.24, 2.45) is 0 Å². The van der Waals surface area contributed by atoms with Gasteiger partial charge >= 0.3 is 0 Å². The number of hydrogen-bond acceptors (Lipinski definition) is 3. The second-order valence-electron chi connectivity index (χ2n) is 4.68. The lowest BCUT2D eigenvalue weighted by atomic mass is 10.3. The number of imidazole rings is 1. The number of hydrogen-bond donors (Lipinski definition) is 0. The highest BCUT2D eigenvalue weighted by atomic mass is 16.4. The van der Waals surface area contributed by atoms with Gasteiger partial charge in [0.2, 0.25) is 0 Å². The predicted octanol–water partition coefficient (Wildman–Crippen LogP) is 2.36. The summed E-state index contributed by atoms with van der Waals surface area (Å²) in [6.45, 7) is 1.09. The summed E-state index contributed by atoms with van der Waals surface area (Å²) in [7, 11) is 0. The van der Waals surface area contributed by atoms with Crippen molar-refractivity contribution in [3.05, 3.63) is 24.1 Å². The molecule has 2 aromatic heterocycles. The van der Waals surface area contributed by atoms with Crippen molar-refractivity contribution < 1.29 is 4.42 Å². The zero-order valence-electron chi connectivity index (χ0n) is 9.02. The molecular formula is C12H13N3O. The van der Waals surface area contributed by atoms with E-state index in [-0.39, 0.29) is 0 Å². The normalized spacial score (nSPS) is 19.0. The number of aryl methyl sites for hydroxylation is 2. The number of aromatic nitrogens is 3. The van der Waals surface area contributed by atoms with E-state index in [9.17, 15) is 0 Å². The van der Waals surface area contributed by atoms with E-state index in [1.54, 1.807) is 0 Å². The first kappa shape index (κ1) is 8.56. The Bertz CT molecular complexity index is 515. The van der Waals surface area contributed by atoms with Crippen LogP contribution in [-0.2, 0) is 13.0 Å². The maximum Gasteiger partial charge on any atom is 0.198 e. The summed E-state index contributed by atoms with van der Waals surface area (Å²) in [5, 5.41) is 0. The second-order valence-corrected chi connectivity index (χ2v) is 4.68. The molecule has 0 radical (unpaired) electrons. The van der Waals surface area contributed by atoms with E-state index in [0.29, 0.717) is 5.92 Å². The molecule has 4 nitrogen and oxygen atoms in total. The highest BCUT2D eigenvalue weighted by molar-refractivity contribution is 5.50. The molecule has 0 spiro atoms. The third kappa shape index (κ3) is 1.22. The first-order chi connectivity index (χ1) is 7.90. The molecule has 1 aliphatic heterocycles. The molecular weight excluding hydrogens is 202 g/mol. The minimum Gasteiger partial charge on any atom is -0.439 e. The molecule has 2 aromatic rings. The van der Waals surface area contributed by atoms with Crippen LogP contribution in [0.15, 0.2) is 16.8 Å². The van der Waals surface area contributed by atoms with Gasteiger partial charge in [-0.1, -0.05) is 0 Å². The first-order valence-electron chi connectivity index (χ1n) is 5.92. The maximum atomic E-state index is 5.74. The van der Waals surface area contributed by atoms with Crippen LogP contribution in [0, 0.1) is 0 Å². The van der Waals surface area contributed by atoms with Crippen molar-refractivity contribution in [3.8, 4) is 11.5 Å². The lowest BCUT2D eigenvalue weighted by Crippen LogP contribution is -1.87. The Morgan fingerprint density at radius 1 is 1.38 bits per heavy atom. The van der Waals surface area contributed by atoms with Gasteiger partial charge in [0.25, 0.3) is 0 Å². The quantitative estimate of drug-likeness (QED) is 0.772. The van der Waals surface area contributed by atoms with Crippen LogP contribution < -0.4 is 0 Å². The third-order valence-electron chi connectivity index (χ3n) is 3.36. The van der Waals surface area contributed by atoms with Gasteiger partial charge in [0.15, 0.2) is 11.7 Å². The topological polar surface area (TPSA) is 43.9 Å². The number of nitrogens with zero attached hydrogens (tertiary/aromatic N) is 3. The fourth-order valence-electron chi connectivity index (χ4n) is 2.30. The smallest absolute Gasteiger partial charge is 0.198 e. The van der Waals surface area contributed by atoms with Gasteiger partial charge in [0, 0.05) is 25.1 Å². The summed E-state index contributed by atoms with van der Waals surface area (Å²) in [6.07, 6.45) is 8.64. The molecule has 0 unspecified atom stereocenters. The Hall–Kier alpha value is -1.58. The van der Waals surface area contributed by atoms with E-state index < -0.39 is 0 Å². The minimum absolute atomic E-state index is 0.572.